The van der Waals surface area contributed by atoms with E-state index >= 15 is 0 Å². The van der Waals surface area contributed by atoms with E-state index in [1.54, 1.807) is 7.11 Å². The maximum atomic E-state index is 5.50. The number of hydrogen-bond donors (Lipinski definition) is 1. The summed E-state index contributed by atoms with van der Waals surface area (Å²) in [5.41, 5.74) is 0. The van der Waals surface area contributed by atoms with Gasteiger partial charge in [-0.05, 0) is 30.8 Å². The molecule has 0 amide bonds. The van der Waals surface area contributed by atoms with Crippen LogP contribution in [0.25, 0.3) is 0 Å². The Kier molecular flexibility index (Phi) is 3.67. The molecule has 5 heteroatoms. The van der Waals surface area contributed by atoms with Gasteiger partial charge in [-0.3, -0.25) is 5.32 Å². The number of ether oxygens (including phenoxy) is 2. The van der Waals surface area contributed by atoms with Crippen molar-refractivity contribution in [1.29, 1.82) is 0 Å². The van der Waals surface area contributed by atoms with Gasteiger partial charge in [-0.2, -0.15) is 0 Å². The molecule has 0 aromatic carbocycles. The Labute approximate surface area is 88.9 Å². The molecule has 4 atom stereocenters. The van der Waals surface area contributed by atoms with Gasteiger partial charge in [0.25, 0.3) is 0 Å². The molecule has 2 aliphatic rings. The summed E-state index contributed by atoms with van der Waals surface area (Å²) in [6, 6.07) is 0. The molecule has 0 saturated carbocycles. The van der Waals surface area contributed by atoms with Crippen molar-refractivity contribution in [2.24, 2.45) is 5.92 Å². The third kappa shape index (κ3) is 2.41. The predicted molar refractivity (Wildman–Crippen MR) is 54.8 cm³/mol. The van der Waals surface area contributed by atoms with Crippen LogP contribution in [0.5, 0.6) is 0 Å². The summed E-state index contributed by atoms with van der Waals surface area (Å²) in [5, 5.41) is 3.27. The largest absolute Gasteiger partial charge is 0.367 e. The maximum Gasteiger partial charge on any atom is 0.137 e. The first-order valence-electron chi connectivity index (χ1n) is 4.95. The molecule has 2 aliphatic heterocycles. The van der Waals surface area contributed by atoms with Crippen molar-refractivity contribution in [3.05, 3.63) is 0 Å². The summed E-state index contributed by atoms with van der Waals surface area (Å²) in [4.78, 5) is 0. The van der Waals surface area contributed by atoms with E-state index in [9.17, 15) is 0 Å². The van der Waals surface area contributed by atoms with Gasteiger partial charge in [0.1, 0.15) is 18.6 Å². The van der Waals surface area contributed by atoms with E-state index in [2.05, 4.69) is 5.32 Å². The molecule has 0 aliphatic carbocycles. The molecular weight excluding hydrogens is 202 g/mol. The second-order valence-electron chi connectivity index (χ2n) is 3.69. The number of hydrogen-bond acceptors (Lipinski definition) is 5. The van der Waals surface area contributed by atoms with Crippen LogP contribution < -0.4 is 5.32 Å². The van der Waals surface area contributed by atoms with Crippen LogP contribution in [0, 0.1) is 5.92 Å². The van der Waals surface area contributed by atoms with Gasteiger partial charge in [-0.1, -0.05) is 0 Å². The Hall–Kier alpha value is 0.190. The lowest BCUT2D eigenvalue weighted by atomic mass is 9.94. The Bertz CT molecular complexity index is 193. The molecule has 82 valence electrons. The zero-order valence-electron chi connectivity index (χ0n) is 8.56. The van der Waals surface area contributed by atoms with Crippen molar-refractivity contribution in [1.82, 2.24) is 5.32 Å². The van der Waals surface area contributed by atoms with E-state index in [1.807, 2.05) is 6.26 Å². The van der Waals surface area contributed by atoms with Gasteiger partial charge in [0.05, 0.1) is 6.61 Å². The standard InChI is InChI=1S/C9H17NO3S/c1-11-7-5-6(3-4-12-14-2)8-9(10-7)13-8/h6-10H,3-5H2,1-2H3/t6?,7?,8-,9?/m0/s1. The van der Waals surface area contributed by atoms with Gasteiger partial charge >= 0.3 is 0 Å². The molecule has 2 heterocycles. The highest BCUT2D eigenvalue weighted by molar-refractivity contribution is 7.93. The van der Waals surface area contributed by atoms with Crippen molar-refractivity contribution in [3.8, 4) is 0 Å². The smallest absolute Gasteiger partial charge is 0.137 e. The third-order valence-electron chi connectivity index (χ3n) is 2.83. The number of rotatable bonds is 5. The molecule has 0 bridgehead atoms. The lowest BCUT2D eigenvalue weighted by Crippen LogP contribution is -2.42. The number of nitrogens with one attached hydrogen (secondary N) is 1. The Morgan fingerprint density at radius 2 is 2.43 bits per heavy atom. The molecule has 14 heavy (non-hydrogen) atoms. The van der Waals surface area contributed by atoms with Crippen LogP contribution >= 0.6 is 12.0 Å². The van der Waals surface area contributed by atoms with Gasteiger partial charge in [-0.15, -0.1) is 0 Å². The molecule has 0 radical (unpaired) electrons. The minimum atomic E-state index is 0.151. The van der Waals surface area contributed by atoms with Gasteiger partial charge in [0.15, 0.2) is 0 Å². The van der Waals surface area contributed by atoms with Gasteiger partial charge in [0, 0.05) is 13.4 Å². The summed E-state index contributed by atoms with van der Waals surface area (Å²) in [6.07, 6.45) is 4.80. The first-order valence-corrected chi connectivity index (χ1v) is 6.10. The normalized spacial score (nSPS) is 40.7. The SMILES string of the molecule is COC1CC(CCOSC)[C@@H]2OC2N1. The van der Waals surface area contributed by atoms with Crippen LogP contribution in [0.15, 0.2) is 0 Å². The van der Waals surface area contributed by atoms with Crippen LogP contribution in [-0.2, 0) is 13.7 Å². The second kappa shape index (κ2) is 4.81. The van der Waals surface area contributed by atoms with Gasteiger partial charge in [-0.25, -0.2) is 0 Å². The molecular formula is C9H17NO3S. The topological polar surface area (TPSA) is 43.0 Å². The molecule has 2 fully saturated rings. The number of methoxy groups -OCH3 is 1. The number of fused-ring (bicyclic) bond motifs is 1. The van der Waals surface area contributed by atoms with Crippen molar-refractivity contribution in [2.75, 3.05) is 20.0 Å². The number of piperidine rings is 1. The van der Waals surface area contributed by atoms with Crippen LogP contribution in [-0.4, -0.2) is 38.5 Å². The van der Waals surface area contributed by atoms with Crippen molar-refractivity contribution < 1.29 is 13.7 Å². The maximum absolute atomic E-state index is 5.50. The monoisotopic (exact) mass is 219 g/mol. The summed E-state index contributed by atoms with van der Waals surface area (Å²) < 4.78 is 16.1. The fourth-order valence-electron chi connectivity index (χ4n) is 2.01. The first-order chi connectivity index (χ1) is 6.85. The predicted octanol–water partition coefficient (Wildman–Crippen LogP) is 0.978. The van der Waals surface area contributed by atoms with Crippen LogP contribution in [0.3, 0.4) is 0 Å². The van der Waals surface area contributed by atoms with Crippen molar-refractivity contribution in [3.63, 3.8) is 0 Å². The summed E-state index contributed by atoms with van der Waals surface area (Å²) in [6.45, 7) is 0.800. The minimum Gasteiger partial charge on any atom is -0.367 e. The molecule has 3 unspecified atom stereocenters. The average molecular weight is 219 g/mol. The number of epoxide rings is 1. The van der Waals surface area contributed by atoms with Gasteiger partial charge < -0.3 is 13.7 Å². The highest BCUT2D eigenvalue weighted by atomic mass is 32.2. The van der Waals surface area contributed by atoms with E-state index in [1.165, 1.54) is 12.0 Å². The molecule has 0 aromatic heterocycles. The average Bonchev–Trinajstić information content (AvgIpc) is 2.96. The van der Waals surface area contributed by atoms with Crippen molar-refractivity contribution in [2.45, 2.75) is 31.4 Å². The Balaban J connectivity index is 1.74. The third-order valence-corrected chi connectivity index (χ3v) is 3.23. The van der Waals surface area contributed by atoms with E-state index in [4.69, 9.17) is 13.7 Å². The zero-order chi connectivity index (χ0) is 9.97. The van der Waals surface area contributed by atoms with E-state index in [0.29, 0.717) is 12.0 Å². The molecule has 0 spiro atoms. The Morgan fingerprint density at radius 1 is 1.57 bits per heavy atom. The quantitative estimate of drug-likeness (QED) is 0.424. The highest BCUT2D eigenvalue weighted by Gasteiger charge is 2.50. The molecule has 2 saturated heterocycles. The fraction of sp³-hybridized carbons (Fsp3) is 1.00. The molecule has 0 aromatic rings. The van der Waals surface area contributed by atoms with Crippen molar-refractivity contribution >= 4 is 12.0 Å². The Morgan fingerprint density at radius 3 is 3.14 bits per heavy atom. The molecule has 4 nitrogen and oxygen atoms in total. The summed E-state index contributed by atoms with van der Waals surface area (Å²) in [7, 11) is 1.73. The van der Waals surface area contributed by atoms with E-state index < -0.39 is 0 Å². The van der Waals surface area contributed by atoms with Crippen LogP contribution in [0.4, 0.5) is 0 Å². The second-order valence-corrected chi connectivity index (χ2v) is 4.25. The van der Waals surface area contributed by atoms with Crippen LogP contribution in [0.1, 0.15) is 12.8 Å². The molecule has 1 N–H and O–H groups in total. The fourth-order valence-corrected chi connectivity index (χ4v) is 2.27. The highest BCUT2D eigenvalue weighted by Crippen LogP contribution is 2.37. The zero-order valence-corrected chi connectivity index (χ0v) is 9.38. The van der Waals surface area contributed by atoms with Crippen LogP contribution in [0.2, 0.25) is 0 Å². The molecule has 2 rings (SSSR count). The van der Waals surface area contributed by atoms with E-state index in [-0.39, 0.29) is 12.5 Å². The lowest BCUT2D eigenvalue weighted by molar-refractivity contribution is 0.0338. The first kappa shape index (κ1) is 10.7. The van der Waals surface area contributed by atoms with E-state index in [0.717, 1.165) is 19.4 Å². The van der Waals surface area contributed by atoms with Gasteiger partial charge in [0.2, 0.25) is 0 Å². The summed E-state index contributed by atoms with van der Waals surface area (Å²) >= 11 is 1.42. The summed E-state index contributed by atoms with van der Waals surface area (Å²) in [5.74, 6) is 0.582. The minimum absolute atomic E-state index is 0.151. The lowest BCUT2D eigenvalue weighted by Gasteiger charge is -2.25.